The summed E-state index contributed by atoms with van der Waals surface area (Å²) in [7, 11) is -4.30. The summed E-state index contributed by atoms with van der Waals surface area (Å²) in [6, 6.07) is 9.82. The number of alkyl halides is 3. The summed E-state index contributed by atoms with van der Waals surface area (Å²) in [5.74, 6) is 0.655. The molecule has 2 N–H and O–H groups in total. The number of nitrogens with one attached hydrogen (secondary N) is 1. The Morgan fingerprint density at radius 3 is 2.57 bits per heavy atom. The Hall–Kier alpha value is -2.29. The van der Waals surface area contributed by atoms with Crippen LogP contribution in [0.15, 0.2) is 47.4 Å². The SMILES string of the molecule is Cc1nc2cc(OCC(O)CN3CCN(CCNS(=O)(=O)c4ccccc4C(F)(F)F)CC3)ccc2s1. The molecule has 37 heavy (non-hydrogen) atoms. The third kappa shape index (κ3) is 7.39. The van der Waals surface area contributed by atoms with Crippen LogP contribution in [0.1, 0.15) is 10.6 Å². The number of ether oxygens (including phenoxy) is 1. The summed E-state index contributed by atoms with van der Waals surface area (Å²) in [6.45, 7) is 5.53. The molecule has 0 bridgehead atoms. The number of nitrogens with zero attached hydrogens (tertiary/aromatic N) is 3. The highest BCUT2D eigenvalue weighted by molar-refractivity contribution is 7.89. The fraction of sp³-hybridized carbons (Fsp3) is 0.458. The number of aryl methyl sites for hydroxylation is 1. The van der Waals surface area contributed by atoms with Gasteiger partial charge in [0.15, 0.2) is 0 Å². The van der Waals surface area contributed by atoms with Crippen LogP contribution in [0.5, 0.6) is 5.75 Å². The van der Waals surface area contributed by atoms with Gasteiger partial charge in [0.05, 0.1) is 25.7 Å². The van der Waals surface area contributed by atoms with E-state index in [1.807, 2.05) is 30.0 Å². The predicted molar refractivity (Wildman–Crippen MR) is 135 cm³/mol. The Bertz CT molecular complexity index is 1310. The monoisotopic (exact) mass is 558 g/mol. The summed E-state index contributed by atoms with van der Waals surface area (Å²) in [5.41, 5.74) is -0.310. The molecule has 3 aromatic rings. The lowest BCUT2D eigenvalue weighted by atomic mass is 10.2. The Morgan fingerprint density at radius 2 is 1.84 bits per heavy atom. The van der Waals surface area contributed by atoms with Crippen LogP contribution >= 0.6 is 11.3 Å². The lowest BCUT2D eigenvalue weighted by molar-refractivity contribution is -0.139. The van der Waals surface area contributed by atoms with Gasteiger partial charge in [-0.3, -0.25) is 9.80 Å². The second-order valence-electron chi connectivity index (χ2n) is 8.86. The number of aromatic nitrogens is 1. The summed E-state index contributed by atoms with van der Waals surface area (Å²) < 4.78 is 73.6. The van der Waals surface area contributed by atoms with Gasteiger partial charge in [0, 0.05) is 51.9 Å². The van der Waals surface area contributed by atoms with Crippen molar-refractivity contribution < 1.29 is 31.4 Å². The highest BCUT2D eigenvalue weighted by Crippen LogP contribution is 2.33. The molecule has 1 aliphatic rings. The van der Waals surface area contributed by atoms with Crippen molar-refractivity contribution in [2.45, 2.75) is 24.1 Å². The van der Waals surface area contributed by atoms with Crippen molar-refractivity contribution >= 4 is 31.6 Å². The van der Waals surface area contributed by atoms with Crippen molar-refractivity contribution in [3.05, 3.63) is 53.0 Å². The number of hydrogen-bond acceptors (Lipinski definition) is 8. The first-order valence-electron chi connectivity index (χ1n) is 11.8. The Morgan fingerprint density at radius 1 is 1.14 bits per heavy atom. The van der Waals surface area contributed by atoms with Crippen LogP contribution in [0.25, 0.3) is 10.2 Å². The number of aliphatic hydroxyl groups excluding tert-OH is 1. The minimum Gasteiger partial charge on any atom is -0.491 e. The molecule has 0 saturated carbocycles. The number of halogens is 3. The van der Waals surface area contributed by atoms with Crippen LogP contribution in [-0.4, -0.2) is 86.8 Å². The van der Waals surface area contributed by atoms with Crippen LogP contribution in [0.2, 0.25) is 0 Å². The number of sulfonamides is 1. The lowest BCUT2D eigenvalue weighted by Crippen LogP contribution is -2.50. The Kier molecular flexibility index (Phi) is 8.71. The van der Waals surface area contributed by atoms with Gasteiger partial charge in [0.1, 0.15) is 18.5 Å². The smallest absolute Gasteiger partial charge is 0.417 e. The van der Waals surface area contributed by atoms with E-state index in [1.165, 1.54) is 6.07 Å². The van der Waals surface area contributed by atoms with E-state index in [0.29, 0.717) is 45.0 Å². The van der Waals surface area contributed by atoms with Gasteiger partial charge < -0.3 is 9.84 Å². The largest absolute Gasteiger partial charge is 0.491 e. The van der Waals surface area contributed by atoms with Crippen molar-refractivity contribution in [3.8, 4) is 5.75 Å². The molecule has 202 valence electrons. The van der Waals surface area contributed by atoms with E-state index in [4.69, 9.17) is 4.74 Å². The van der Waals surface area contributed by atoms with E-state index in [-0.39, 0.29) is 13.2 Å². The highest BCUT2D eigenvalue weighted by Gasteiger charge is 2.36. The molecule has 1 atom stereocenters. The molecule has 0 aliphatic carbocycles. The quantitative estimate of drug-likeness (QED) is 0.395. The van der Waals surface area contributed by atoms with Gasteiger partial charge in [-0.25, -0.2) is 18.1 Å². The Labute approximate surface area is 217 Å². The van der Waals surface area contributed by atoms with Crippen molar-refractivity contribution in [3.63, 3.8) is 0 Å². The zero-order valence-corrected chi connectivity index (χ0v) is 21.9. The number of benzene rings is 2. The van der Waals surface area contributed by atoms with Crippen molar-refractivity contribution in [2.24, 2.45) is 0 Å². The van der Waals surface area contributed by atoms with Crippen molar-refractivity contribution in [2.75, 3.05) is 52.4 Å². The van der Waals surface area contributed by atoms with E-state index in [9.17, 15) is 26.7 Å². The summed E-state index contributed by atoms with van der Waals surface area (Å²) in [5, 5.41) is 11.4. The molecule has 0 spiro atoms. The van der Waals surface area contributed by atoms with Crippen molar-refractivity contribution in [1.82, 2.24) is 19.5 Å². The fourth-order valence-corrected chi connectivity index (χ4v) is 6.26. The summed E-state index contributed by atoms with van der Waals surface area (Å²) in [4.78, 5) is 7.80. The van der Waals surface area contributed by atoms with Gasteiger partial charge in [-0.2, -0.15) is 13.2 Å². The van der Waals surface area contributed by atoms with E-state index < -0.39 is 32.8 Å². The second kappa shape index (κ2) is 11.6. The molecule has 13 heteroatoms. The molecule has 2 heterocycles. The minimum absolute atomic E-state index is 0.00611. The molecule has 1 unspecified atom stereocenters. The Balaban J connectivity index is 1.18. The maximum Gasteiger partial charge on any atom is 0.417 e. The van der Waals surface area contributed by atoms with Crippen molar-refractivity contribution in [1.29, 1.82) is 0 Å². The maximum absolute atomic E-state index is 13.2. The molecule has 1 fully saturated rings. The molecular formula is C24H29F3N4O4S2. The van der Waals surface area contributed by atoms with E-state index >= 15 is 0 Å². The van der Waals surface area contributed by atoms with E-state index in [1.54, 1.807) is 11.3 Å². The van der Waals surface area contributed by atoms with Crippen LogP contribution in [0, 0.1) is 6.92 Å². The maximum atomic E-state index is 13.2. The lowest BCUT2D eigenvalue weighted by Gasteiger charge is -2.35. The van der Waals surface area contributed by atoms with Gasteiger partial charge >= 0.3 is 6.18 Å². The number of piperazine rings is 1. The first kappa shape index (κ1) is 27.7. The zero-order valence-electron chi connectivity index (χ0n) is 20.2. The standard InChI is InChI=1S/C24H29F3N4O4S2/c1-17-29-21-14-19(6-7-22(21)36-17)35-16-18(32)15-31-12-10-30(11-13-31)9-8-28-37(33,34)23-5-3-2-4-20(23)24(25,26)27/h2-7,14,18,28,32H,8-13,15-16H2,1H3. The molecular weight excluding hydrogens is 529 g/mol. The van der Waals surface area contributed by atoms with Crippen LogP contribution in [0.3, 0.4) is 0 Å². The number of fused-ring (bicyclic) bond motifs is 1. The van der Waals surface area contributed by atoms with Gasteiger partial charge in [-0.05, 0) is 31.2 Å². The molecule has 1 saturated heterocycles. The molecule has 1 aromatic heterocycles. The normalized spacial score (nSPS) is 16.8. The topological polar surface area (TPSA) is 95.0 Å². The molecule has 4 rings (SSSR count). The van der Waals surface area contributed by atoms with Crippen LogP contribution in [-0.2, 0) is 16.2 Å². The second-order valence-corrected chi connectivity index (χ2v) is 11.8. The van der Waals surface area contributed by atoms with Gasteiger partial charge in [-0.1, -0.05) is 12.1 Å². The number of rotatable bonds is 10. The molecule has 0 amide bonds. The van der Waals surface area contributed by atoms with Gasteiger partial charge in [0.25, 0.3) is 0 Å². The average molecular weight is 559 g/mol. The summed E-state index contributed by atoms with van der Waals surface area (Å²) in [6.07, 6.45) is -5.44. The third-order valence-electron chi connectivity index (χ3n) is 6.04. The van der Waals surface area contributed by atoms with Gasteiger partial charge in [-0.15, -0.1) is 11.3 Å². The third-order valence-corrected chi connectivity index (χ3v) is 8.52. The minimum atomic E-state index is -4.76. The number of aliphatic hydroxyl groups is 1. The highest BCUT2D eigenvalue weighted by atomic mass is 32.2. The summed E-state index contributed by atoms with van der Waals surface area (Å²) >= 11 is 1.61. The first-order valence-corrected chi connectivity index (χ1v) is 14.1. The number of β-amino-alcohol motifs (C(OH)–C–C–N with tert-alkyl or cyclic N) is 1. The van der Waals surface area contributed by atoms with Gasteiger partial charge in [0.2, 0.25) is 10.0 Å². The average Bonchev–Trinajstić information content (AvgIpc) is 3.22. The van der Waals surface area contributed by atoms with Crippen LogP contribution < -0.4 is 9.46 Å². The number of hydrogen-bond donors (Lipinski definition) is 2. The molecule has 0 radical (unpaired) electrons. The molecule has 8 nitrogen and oxygen atoms in total. The predicted octanol–water partition coefficient (Wildman–Crippen LogP) is 2.96. The molecule has 1 aliphatic heterocycles. The first-order chi connectivity index (χ1) is 17.5. The molecule has 2 aromatic carbocycles. The van der Waals surface area contributed by atoms with E-state index in [2.05, 4.69) is 14.6 Å². The number of thiazole rings is 1. The fourth-order valence-electron chi connectivity index (χ4n) is 4.20. The van der Waals surface area contributed by atoms with E-state index in [0.717, 1.165) is 33.4 Å². The zero-order chi connectivity index (χ0) is 26.6. The van der Waals surface area contributed by atoms with Crippen LogP contribution in [0.4, 0.5) is 13.2 Å².